The molecule has 1 amide bonds. The van der Waals surface area contributed by atoms with E-state index in [1.165, 1.54) is 0 Å². The predicted molar refractivity (Wildman–Crippen MR) is 80.2 cm³/mol. The molecule has 0 unspecified atom stereocenters. The van der Waals surface area contributed by atoms with E-state index in [-0.39, 0.29) is 11.3 Å². The average Bonchev–Trinajstić information content (AvgIpc) is 2.19. The van der Waals surface area contributed by atoms with Gasteiger partial charge >= 0.3 is 0 Å². The van der Waals surface area contributed by atoms with Gasteiger partial charge in [-0.1, -0.05) is 32.4 Å². The molecule has 1 rings (SSSR count). The van der Waals surface area contributed by atoms with Crippen molar-refractivity contribution in [3.63, 3.8) is 0 Å². The van der Waals surface area contributed by atoms with Crippen molar-refractivity contribution in [1.82, 2.24) is 0 Å². The van der Waals surface area contributed by atoms with E-state index in [9.17, 15) is 4.79 Å². The van der Waals surface area contributed by atoms with E-state index in [2.05, 4.69) is 27.9 Å². The van der Waals surface area contributed by atoms with Crippen LogP contribution in [0, 0.1) is 8.99 Å². The van der Waals surface area contributed by atoms with Crippen LogP contribution in [0.25, 0.3) is 0 Å². The highest BCUT2D eigenvalue weighted by Crippen LogP contribution is 2.24. The van der Waals surface area contributed by atoms with E-state index >= 15 is 0 Å². The first-order valence-corrected chi connectivity index (χ1v) is 6.69. The number of halogens is 2. The Morgan fingerprint density at radius 1 is 1.47 bits per heavy atom. The third-order valence-corrected chi connectivity index (χ3v) is 3.53. The number of carbonyl (C=O) groups is 1. The third-order valence-electron chi connectivity index (χ3n) is 2.40. The van der Waals surface area contributed by atoms with Crippen LogP contribution in [-0.2, 0) is 4.79 Å². The SMILES string of the molecule is CC(C)(C)[C@H](N)C(=O)Nc1ccc(Cl)cc1I. The van der Waals surface area contributed by atoms with Crippen LogP contribution in [0.3, 0.4) is 0 Å². The van der Waals surface area contributed by atoms with Crippen LogP contribution in [0.5, 0.6) is 0 Å². The van der Waals surface area contributed by atoms with E-state index in [1.54, 1.807) is 18.2 Å². The minimum Gasteiger partial charge on any atom is -0.324 e. The van der Waals surface area contributed by atoms with Crippen LogP contribution in [0.4, 0.5) is 5.69 Å². The average molecular weight is 367 g/mol. The fourth-order valence-corrected chi connectivity index (χ4v) is 2.20. The Hall–Kier alpha value is -0.330. The Kier molecular flexibility index (Phi) is 4.80. The van der Waals surface area contributed by atoms with Gasteiger partial charge in [-0.15, -0.1) is 0 Å². The molecule has 0 saturated heterocycles. The molecule has 1 aromatic rings. The summed E-state index contributed by atoms with van der Waals surface area (Å²) in [5.41, 5.74) is 6.36. The van der Waals surface area contributed by atoms with Gasteiger partial charge in [0.2, 0.25) is 5.91 Å². The molecule has 0 fully saturated rings. The Morgan fingerprint density at radius 2 is 2.06 bits per heavy atom. The zero-order valence-electron chi connectivity index (χ0n) is 10.1. The van der Waals surface area contributed by atoms with Crippen LogP contribution in [0.15, 0.2) is 18.2 Å². The van der Waals surface area contributed by atoms with Crippen LogP contribution < -0.4 is 11.1 Å². The van der Waals surface area contributed by atoms with E-state index in [0.29, 0.717) is 5.02 Å². The lowest BCUT2D eigenvalue weighted by Crippen LogP contribution is -2.45. The van der Waals surface area contributed by atoms with Crippen molar-refractivity contribution >= 4 is 45.8 Å². The van der Waals surface area contributed by atoms with E-state index < -0.39 is 6.04 Å². The molecule has 0 spiro atoms. The van der Waals surface area contributed by atoms with Gasteiger partial charge in [0.05, 0.1) is 11.7 Å². The minimum atomic E-state index is -0.547. The topological polar surface area (TPSA) is 55.1 Å². The maximum absolute atomic E-state index is 11.9. The number of amides is 1. The van der Waals surface area contributed by atoms with Crippen LogP contribution >= 0.6 is 34.2 Å². The van der Waals surface area contributed by atoms with Crippen LogP contribution in [0.2, 0.25) is 5.02 Å². The number of anilines is 1. The molecular formula is C12H16ClIN2O. The van der Waals surface area contributed by atoms with Gasteiger partial charge in [-0.25, -0.2) is 0 Å². The number of benzene rings is 1. The lowest BCUT2D eigenvalue weighted by molar-refractivity contribution is -0.119. The number of carbonyl (C=O) groups excluding carboxylic acids is 1. The molecule has 0 aliphatic rings. The number of rotatable bonds is 2. The highest BCUT2D eigenvalue weighted by molar-refractivity contribution is 14.1. The molecule has 94 valence electrons. The Labute approximate surface area is 120 Å². The second-order valence-electron chi connectivity index (χ2n) is 4.96. The van der Waals surface area contributed by atoms with Crippen molar-refractivity contribution in [2.24, 2.45) is 11.1 Å². The molecule has 0 bridgehead atoms. The third kappa shape index (κ3) is 4.12. The minimum absolute atomic E-state index is 0.183. The molecule has 17 heavy (non-hydrogen) atoms. The first-order valence-electron chi connectivity index (χ1n) is 5.23. The summed E-state index contributed by atoms with van der Waals surface area (Å²) in [6, 6.07) is 4.76. The van der Waals surface area contributed by atoms with E-state index in [4.69, 9.17) is 17.3 Å². The van der Waals surface area contributed by atoms with Gasteiger partial charge in [0.25, 0.3) is 0 Å². The smallest absolute Gasteiger partial charge is 0.241 e. The monoisotopic (exact) mass is 366 g/mol. The Bertz CT molecular complexity index is 429. The van der Waals surface area contributed by atoms with Gasteiger partial charge in [0.15, 0.2) is 0 Å². The maximum Gasteiger partial charge on any atom is 0.241 e. The molecule has 0 radical (unpaired) electrons. The van der Waals surface area contributed by atoms with Crippen molar-refractivity contribution in [1.29, 1.82) is 0 Å². The quantitative estimate of drug-likeness (QED) is 0.789. The van der Waals surface area contributed by atoms with Crippen LogP contribution in [0.1, 0.15) is 20.8 Å². The number of nitrogens with two attached hydrogens (primary N) is 1. The fourth-order valence-electron chi connectivity index (χ4n) is 1.19. The maximum atomic E-state index is 11.9. The molecule has 1 aromatic carbocycles. The van der Waals surface area contributed by atoms with Crippen molar-refractivity contribution in [3.8, 4) is 0 Å². The molecule has 3 N–H and O–H groups in total. The molecule has 0 aliphatic carbocycles. The lowest BCUT2D eigenvalue weighted by atomic mass is 9.87. The summed E-state index contributed by atoms with van der Waals surface area (Å²) in [5.74, 6) is -0.183. The zero-order valence-corrected chi connectivity index (χ0v) is 13.0. The molecule has 1 atom stereocenters. The van der Waals surface area contributed by atoms with Crippen molar-refractivity contribution in [3.05, 3.63) is 26.8 Å². The Morgan fingerprint density at radius 3 is 2.53 bits per heavy atom. The molecular weight excluding hydrogens is 351 g/mol. The molecule has 0 aromatic heterocycles. The summed E-state index contributed by atoms with van der Waals surface area (Å²) < 4.78 is 0.893. The second-order valence-corrected chi connectivity index (χ2v) is 6.56. The molecule has 0 saturated carbocycles. The first kappa shape index (κ1) is 14.7. The summed E-state index contributed by atoms with van der Waals surface area (Å²) in [6.45, 7) is 5.80. The van der Waals surface area contributed by atoms with E-state index in [0.717, 1.165) is 9.26 Å². The second kappa shape index (κ2) is 5.54. The standard InChI is InChI=1S/C12H16ClIN2O/c1-12(2,3)10(15)11(17)16-9-5-4-7(13)6-8(9)14/h4-6,10H,15H2,1-3H3,(H,16,17)/t10-/m1/s1. The molecule has 0 heterocycles. The largest absolute Gasteiger partial charge is 0.324 e. The van der Waals surface area contributed by atoms with Crippen molar-refractivity contribution < 1.29 is 4.79 Å². The van der Waals surface area contributed by atoms with Gasteiger partial charge in [-0.2, -0.15) is 0 Å². The fraction of sp³-hybridized carbons (Fsp3) is 0.417. The van der Waals surface area contributed by atoms with Gasteiger partial charge in [-0.3, -0.25) is 4.79 Å². The number of nitrogens with one attached hydrogen (secondary N) is 1. The summed E-state index contributed by atoms with van der Waals surface area (Å²) in [5, 5.41) is 3.46. The van der Waals surface area contributed by atoms with E-state index in [1.807, 2.05) is 20.8 Å². The summed E-state index contributed by atoms with van der Waals surface area (Å²) in [7, 11) is 0. The predicted octanol–water partition coefficient (Wildman–Crippen LogP) is 3.26. The molecule has 3 nitrogen and oxygen atoms in total. The first-order chi connectivity index (χ1) is 7.71. The highest BCUT2D eigenvalue weighted by atomic mass is 127. The van der Waals surface area contributed by atoms with Crippen molar-refractivity contribution in [2.75, 3.05) is 5.32 Å². The lowest BCUT2D eigenvalue weighted by Gasteiger charge is -2.26. The molecule has 0 aliphatic heterocycles. The zero-order chi connectivity index (χ0) is 13.2. The van der Waals surface area contributed by atoms with Gasteiger partial charge in [-0.05, 0) is 46.2 Å². The normalized spacial score (nSPS) is 13.3. The van der Waals surface area contributed by atoms with Gasteiger partial charge in [0, 0.05) is 8.59 Å². The van der Waals surface area contributed by atoms with Gasteiger partial charge < -0.3 is 11.1 Å². The number of hydrogen-bond acceptors (Lipinski definition) is 2. The van der Waals surface area contributed by atoms with Gasteiger partial charge in [0.1, 0.15) is 0 Å². The summed E-state index contributed by atoms with van der Waals surface area (Å²) in [6.07, 6.45) is 0. The van der Waals surface area contributed by atoms with Crippen molar-refractivity contribution in [2.45, 2.75) is 26.8 Å². The summed E-state index contributed by atoms with van der Waals surface area (Å²) >= 11 is 7.97. The Balaban J connectivity index is 2.82. The highest BCUT2D eigenvalue weighted by Gasteiger charge is 2.27. The summed E-state index contributed by atoms with van der Waals surface area (Å²) in [4.78, 5) is 11.9. The van der Waals surface area contributed by atoms with Crippen LogP contribution in [-0.4, -0.2) is 11.9 Å². The molecule has 5 heteroatoms. The number of hydrogen-bond donors (Lipinski definition) is 2.